The van der Waals surface area contributed by atoms with Gasteiger partial charge in [0, 0.05) is 12.5 Å². The predicted octanol–water partition coefficient (Wildman–Crippen LogP) is 1.51. The summed E-state index contributed by atoms with van der Waals surface area (Å²) < 4.78 is 5.95. The van der Waals surface area contributed by atoms with Crippen LogP contribution in [0.5, 0.6) is 0 Å². The fraction of sp³-hybridized carbons (Fsp3) is 1.00. The Morgan fingerprint density at radius 1 is 1.27 bits per heavy atom. The lowest BCUT2D eigenvalue weighted by Crippen LogP contribution is -2.40. The fourth-order valence-corrected chi connectivity index (χ4v) is 1.90. The molecular formula is C9H17NO. The van der Waals surface area contributed by atoms with Crippen molar-refractivity contribution in [3.63, 3.8) is 0 Å². The van der Waals surface area contributed by atoms with Crippen LogP contribution in [0.2, 0.25) is 0 Å². The average molecular weight is 155 g/mol. The molecule has 64 valence electrons. The Labute approximate surface area is 68.3 Å². The molecule has 0 aromatic rings. The van der Waals surface area contributed by atoms with Crippen LogP contribution >= 0.6 is 0 Å². The third kappa shape index (κ3) is 1.30. The highest BCUT2D eigenvalue weighted by Crippen LogP contribution is 2.44. The Morgan fingerprint density at radius 3 is 2.27 bits per heavy atom. The zero-order chi connectivity index (χ0) is 8.11. The van der Waals surface area contributed by atoms with E-state index in [2.05, 4.69) is 26.1 Å². The number of hydrogen-bond acceptors (Lipinski definition) is 2. The van der Waals surface area contributed by atoms with Crippen LogP contribution < -0.4 is 5.32 Å². The quantitative estimate of drug-likeness (QED) is 0.619. The minimum atomic E-state index is -0.0104. The van der Waals surface area contributed by atoms with Crippen molar-refractivity contribution in [2.24, 2.45) is 5.92 Å². The molecule has 11 heavy (non-hydrogen) atoms. The topological polar surface area (TPSA) is 21.3 Å². The summed E-state index contributed by atoms with van der Waals surface area (Å²) in [4.78, 5) is 0. The van der Waals surface area contributed by atoms with Gasteiger partial charge in [0.1, 0.15) is 5.72 Å². The van der Waals surface area contributed by atoms with Gasteiger partial charge < -0.3 is 4.74 Å². The van der Waals surface area contributed by atoms with E-state index in [-0.39, 0.29) is 11.3 Å². The number of hydrogen-bond donors (Lipinski definition) is 1. The number of rotatable bonds is 1. The third-order valence-corrected chi connectivity index (χ3v) is 2.71. The predicted molar refractivity (Wildman–Crippen MR) is 44.3 cm³/mol. The fourth-order valence-electron chi connectivity index (χ4n) is 1.90. The van der Waals surface area contributed by atoms with Crippen molar-refractivity contribution >= 4 is 0 Å². The first-order chi connectivity index (χ1) is 5.02. The molecular weight excluding hydrogens is 138 g/mol. The van der Waals surface area contributed by atoms with Crippen LogP contribution in [0.4, 0.5) is 0 Å². The van der Waals surface area contributed by atoms with Crippen LogP contribution in [0, 0.1) is 5.92 Å². The van der Waals surface area contributed by atoms with Crippen LogP contribution in [-0.2, 0) is 4.74 Å². The molecule has 1 unspecified atom stereocenters. The Balaban J connectivity index is 2.06. The highest BCUT2D eigenvalue weighted by molar-refractivity contribution is 4.98. The van der Waals surface area contributed by atoms with E-state index in [0.717, 1.165) is 12.5 Å². The second kappa shape index (κ2) is 1.99. The van der Waals surface area contributed by atoms with Gasteiger partial charge in [-0.25, -0.2) is 0 Å². The molecule has 2 nitrogen and oxygen atoms in total. The van der Waals surface area contributed by atoms with Crippen molar-refractivity contribution in [3.05, 3.63) is 0 Å². The minimum absolute atomic E-state index is 0.0104. The molecule has 2 fully saturated rings. The molecule has 1 atom stereocenters. The van der Waals surface area contributed by atoms with E-state index in [1.807, 2.05) is 0 Å². The standard InChI is InChI=1S/C9H17NO/c1-8(2)6-10-9(3,11-8)7-4-5-7/h7,10H,4-6H2,1-3H3. The van der Waals surface area contributed by atoms with Crippen molar-refractivity contribution in [2.75, 3.05) is 6.54 Å². The molecule has 0 bridgehead atoms. The van der Waals surface area contributed by atoms with E-state index >= 15 is 0 Å². The van der Waals surface area contributed by atoms with Crippen molar-refractivity contribution < 1.29 is 4.74 Å². The van der Waals surface area contributed by atoms with E-state index in [1.54, 1.807) is 0 Å². The van der Waals surface area contributed by atoms with Gasteiger partial charge in [-0.2, -0.15) is 0 Å². The molecule has 1 saturated heterocycles. The molecule has 0 aromatic carbocycles. The Bertz CT molecular complexity index is 174. The van der Waals surface area contributed by atoms with Crippen molar-refractivity contribution in [3.8, 4) is 0 Å². The van der Waals surface area contributed by atoms with Gasteiger partial charge in [-0.05, 0) is 33.6 Å². The van der Waals surface area contributed by atoms with Gasteiger partial charge in [-0.15, -0.1) is 0 Å². The van der Waals surface area contributed by atoms with Gasteiger partial charge in [0.05, 0.1) is 5.60 Å². The highest BCUT2D eigenvalue weighted by atomic mass is 16.5. The molecule has 0 aromatic heterocycles. The van der Waals surface area contributed by atoms with Crippen LogP contribution in [0.15, 0.2) is 0 Å². The summed E-state index contributed by atoms with van der Waals surface area (Å²) >= 11 is 0. The van der Waals surface area contributed by atoms with Gasteiger partial charge in [0.2, 0.25) is 0 Å². The monoisotopic (exact) mass is 155 g/mol. The van der Waals surface area contributed by atoms with Gasteiger partial charge in [0.15, 0.2) is 0 Å². The SMILES string of the molecule is CC1(C)CNC(C)(C2CC2)O1. The first-order valence-corrected chi connectivity index (χ1v) is 4.47. The van der Waals surface area contributed by atoms with Gasteiger partial charge in [-0.1, -0.05) is 0 Å². The average Bonchev–Trinajstić information content (AvgIpc) is 2.61. The minimum Gasteiger partial charge on any atom is -0.353 e. The lowest BCUT2D eigenvalue weighted by atomic mass is 10.1. The maximum absolute atomic E-state index is 5.95. The Kier molecular flexibility index (Phi) is 1.37. The molecule has 0 amide bonds. The van der Waals surface area contributed by atoms with Crippen LogP contribution in [0.3, 0.4) is 0 Å². The molecule has 2 rings (SSSR count). The van der Waals surface area contributed by atoms with Crippen molar-refractivity contribution in [1.82, 2.24) is 5.32 Å². The van der Waals surface area contributed by atoms with Gasteiger partial charge in [0.25, 0.3) is 0 Å². The first kappa shape index (κ1) is 7.56. The molecule has 2 heteroatoms. The second-order valence-corrected chi connectivity index (χ2v) is 4.60. The molecule has 1 saturated carbocycles. The molecule has 1 aliphatic heterocycles. The maximum Gasteiger partial charge on any atom is 0.120 e. The van der Waals surface area contributed by atoms with Crippen LogP contribution in [-0.4, -0.2) is 17.9 Å². The van der Waals surface area contributed by atoms with E-state index in [4.69, 9.17) is 4.74 Å². The lowest BCUT2D eigenvalue weighted by Gasteiger charge is -2.26. The number of nitrogens with one attached hydrogen (secondary N) is 1. The zero-order valence-electron chi connectivity index (χ0n) is 7.61. The summed E-state index contributed by atoms with van der Waals surface area (Å²) in [6, 6.07) is 0. The second-order valence-electron chi connectivity index (χ2n) is 4.60. The lowest BCUT2D eigenvalue weighted by molar-refractivity contribution is -0.0918. The number of ether oxygens (including phenoxy) is 1. The third-order valence-electron chi connectivity index (χ3n) is 2.71. The van der Waals surface area contributed by atoms with Gasteiger partial charge in [-0.3, -0.25) is 5.32 Å². The Hall–Kier alpha value is -0.0800. The van der Waals surface area contributed by atoms with E-state index < -0.39 is 0 Å². The molecule has 1 N–H and O–H groups in total. The van der Waals surface area contributed by atoms with Crippen molar-refractivity contribution in [2.45, 2.75) is 44.9 Å². The molecule has 1 aliphatic carbocycles. The van der Waals surface area contributed by atoms with E-state index in [1.165, 1.54) is 12.8 Å². The van der Waals surface area contributed by atoms with Gasteiger partial charge >= 0.3 is 0 Å². The zero-order valence-corrected chi connectivity index (χ0v) is 7.61. The van der Waals surface area contributed by atoms with Crippen molar-refractivity contribution in [1.29, 1.82) is 0 Å². The summed E-state index contributed by atoms with van der Waals surface area (Å²) in [5, 5.41) is 3.46. The largest absolute Gasteiger partial charge is 0.353 e. The van der Waals surface area contributed by atoms with E-state index in [0.29, 0.717) is 0 Å². The summed E-state index contributed by atoms with van der Waals surface area (Å²) in [5.41, 5.74) is 0.0286. The maximum atomic E-state index is 5.95. The summed E-state index contributed by atoms with van der Waals surface area (Å²) in [7, 11) is 0. The smallest absolute Gasteiger partial charge is 0.120 e. The summed E-state index contributed by atoms with van der Waals surface area (Å²) in [6.07, 6.45) is 2.67. The van der Waals surface area contributed by atoms with E-state index in [9.17, 15) is 0 Å². The Morgan fingerprint density at radius 2 is 1.91 bits per heavy atom. The molecule has 1 heterocycles. The van der Waals surface area contributed by atoms with Crippen LogP contribution in [0.25, 0.3) is 0 Å². The highest BCUT2D eigenvalue weighted by Gasteiger charge is 2.49. The summed E-state index contributed by atoms with van der Waals surface area (Å²) in [5.74, 6) is 0.768. The normalized spacial score (nSPS) is 42.8. The first-order valence-electron chi connectivity index (χ1n) is 4.47. The molecule has 0 radical (unpaired) electrons. The summed E-state index contributed by atoms with van der Waals surface area (Å²) in [6.45, 7) is 7.46. The molecule has 0 spiro atoms. The van der Waals surface area contributed by atoms with Crippen LogP contribution in [0.1, 0.15) is 33.6 Å². The molecule has 2 aliphatic rings.